The molecule has 1 N–H and O–H groups in total. The summed E-state index contributed by atoms with van der Waals surface area (Å²) in [6.45, 7) is 2.25. The lowest BCUT2D eigenvalue weighted by molar-refractivity contribution is -0.119. The van der Waals surface area contributed by atoms with Gasteiger partial charge in [-0.2, -0.15) is 4.31 Å². The zero-order chi connectivity index (χ0) is 27.1. The molecule has 4 rings (SSSR count). The predicted octanol–water partition coefficient (Wildman–Crippen LogP) is 3.41. The van der Waals surface area contributed by atoms with Crippen LogP contribution in [0.15, 0.2) is 65.6 Å². The molecule has 0 atom stereocenters. The number of carbonyl (C=O) groups is 3. The first-order valence-corrected chi connectivity index (χ1v) is 14.1. The number of morpholine rings is 1. The van der Waals surface area contributed by atoms with Gasteiger partial charge in [-0.15, -0.1) is 11.3 Å². The summed E-state index contributed by atoms with van der Waals surface area (Å²) in [6, 6.07) is 16.4. The summed E-state index contributed by atoms with van der Waals surface area (Å²) < 4.78 is 42.5. The van der Waals surface area contributed by atoms with Crippen molar-refractivity contribution in [3.8, 4) is 10.4 Å². The van der Waals surface area contributed by atoms with Crippen molar-refractivity contribution in [3.63, 3.8) is 0 Å². The molecule has 10 nitrogen and oxygen atoms in total. The van der Waals surface area contributed by atoms with E-state index in [9.17, 15) is 22.8 Å². The van der Waals surface area contributed by atoms with E-state index in [1.165, 1.54) is 39.9 Å². The molecule has 0 spiro atoms. The van der Waals surface area contributed by atoms with Crippen molar-refractivity contribution in [2.75, 3.05) is 44.8 Å². The quantitative estimate of drug-likeness (QED) is 0.396. The number of esters is 2. The Bertz CT molecular complexity index is 1410. The van der Waals surface area contributed by atoms with Crippen molar-refractivity contribution in [1.82, 2.24) is 4.31 Å². The molecular formula is C26H26N2O8S2. The van der Waals surface area contributed by atoms with E-state index >= 15 is 0 Å². The fourth-order valence-electron chi connectivity index (χ4n) is 3.69. The van der Waals surface area contributed by atoms with Crippen LogP contribution in [0.4, 0.5) is 5.00 Å². The van der Waals surface area contributed by atoms with Crippen molar-refractivity contribution < 1.29 is 37.0 Å². The van der Waals surface area contributed by atoms with Crippen LogP contribution >= 0.6 is 11.3 Å². The molecule has 12 heteroatoms. The topological polar surface area (TPSA) is 128 Å². The second-order valence-corrected chi connectivity index (χ2v) is 11.1. The molecule has 0 radical (unpaired) electrons. The average molecular weight is 559 g/mol. The molecule has 1 aliphatic rings. The number of amides is 1. The fourth-order valence-corrected chi connectivity index (χ4v) is 6.21. The van der Waals surface area contributed by atoms with E-state index in [4.69, 9.17) is 14.2 Å². The van der Waals surface area contributed by atoms with Gasteiger partial charge in [-0.05, 0) is 36.8 Å². The van der Waals surface area contributed by atoms with Crippen molar-refractivity contribution in [2.45, 2.75) is 11.8 Å². The van der Waals surface area contributed by atoms with Gasteiger partial charge in [-0.25, -0.2) is 18.0 Å². The monoisotopic (exact) mass is 558 g/mol. The molecule has 2 aromatic carbocycles. The summed E-state index contributed by atoms with van der Waals surface area (Å²) >= 11 is 1.19. The first-order valence-electron chi connectivity index (χ1n) is 11.8. The van der Waals surface area contributed by atoms with Gasteiger partial charge in [0.1, 0.15) is 5.00 Å². The van der Waals surface area contributed by atoms with E-state index in [0.717, 1.165) is 10.4 Å². The number of ether oxygens (including phenoxy) is 3. The van der Waals surface area contributed by atoms with E-state index in [1.54, 1.807) is 13.0 Å². The summed E-state index contributed by atoms with van der Waals surface area (Å²) in [5, 5.41) is 2.88. The Morgan fingerprint density at radius 1 is 0.974 bits per heavy atom. The molecule has 1 saturated heterocycles. The SMILES string of the molecule is CCOC(=O)c1cc(-c2ccccc2)sc1NC(=O)COC(=O)c1cccc(S(=O)(=O)N2CCOCC2)c1. The minimum Gasteiger partial charge on any atom is -0.462 e. The van der Waals surface area contributed by atoms with Crippen LogP contribution in [0.5, 0.6) is 0 Å². The normalized spacial score (nSPS) is 14.0. The molecule has 0 saturated carbocycles. The van der Waals surface area contributed by atoms with Crippen LogP contribution < -0.4 is 5.32 Å². The zero-order valence-corrected chi connectivity index (χ0v) is 22.2. The summed E-state index contributed by atoms with van der Waals surface area (Å²) in [5.41, 5.74) is 1.04. The van der Waals surface area contributed by atoms with Crippen molar-refractivity contribution >= 4 is 44.2 Å². The van der Waals surface area contributed by atoms with E-state index in [2.05, 4.69) is 5.32 Å². The third kappa shape index (κ3) is 6.45. The largest absolute Gasteiger partial charge is 0.462 e. The van der Waals surface area contributed by atoms with Crippen molar-refractivity contribution in [1.29, 1.82) is 0 Å². The highest BCUT2D eigenvalue weighted by atomic mass is 32.2. The average Bonchev–Trinajstić information content (AvgIpc) is 3.36. The number of nitrogens with one attached hydrogen (secondary N) is 1. The lowest BCUT2D eigenvalue weighted by Crippen LogP contribution is -2.40. The third-order valence-electron chi connectivity index (χ3n) is 5.55. The second kappa shape index (κ2) is 12.3. The zero-order valence-electron chi connectivity index (χ0n) is 20.5. The van der Waals surface area contributed by atoms with Crippen LogP contribution in [-0.4, -0.2) is 70.1 Å². The minimum absolute atomic E-state index is 0.0122. The lowest BCUT2D eigenvalue weighted by atomic mass is 10.1. The molecule has 1 aromatic heterocycles. The maximum Gasteiger partial charge on any atom is 0.341 e. The Balaban J connectivity index is 1.43. The van der Waals surface area contributed by atoms with E-state index < -0.39 is 34.5 Å². The van der Waals surface area contributed by atoms with Crippen LogP contribution in [0, 0.1) is 0 Å². The Morgan fingerprint density at radius 2 is 1.71 bits per heavy atom. The van der Waals surface area contributed by atoms with Crippen LogP contribution in [0.2, 0.25) is 0 Å². The number of benzene rings is 2. The Labute approximate surface area is 224 Å². The van der Waals surface area contributed by atoms with Gasteiger partial charge in [0.15, 0.2) is 6.61 Å². The number of hydrogen-bond acceptors (Lipinski definition) is 9. The van der Waals surface area contributed by atoms with Gasteiger partial charge in [0.25, 0.3) is 5.91 Å². The highest BCUT2D eigenvalue weighted by molar-refractivity contribution is 7.89. The number of carbonyl (C=O) groups excluding carboxylic acids is 3. The number of thiophene rings is 1. The molecule has 3 aromatic rings. The maximum absolute atomic E-state index is 12.9. The molecule has 0 unspecified atom stereocenters. The molecule has 1 amide bonds. The number of anilines is 1. The third-order valence-corrected chi connectivity index (χ3v) is 8.54. The predicted molar refractivity (Wildman–Crippen MR) is 141 cm³/mol. The molecule has 0 bridgehead atoms. The number of rotatable bonds is 9. The van der Waals surface area contributed by atoms with Crippen LogP contribution in [0.1, 0.15) is 27.6 Å². The van der Waals surface area contributed by atoms with Crippen LogP contribution in [-0.2, 0) is 29.0 Å². The smallest absolute Gasteiger partial charge is 0.341 e. The van der Waals surface area contributed by atoms with Gasteiger partial charge in [0.05, 0.1) is 35.8 Å². The van der Waals surface area contributed by atoms with E-state index in [1.807, 2.05) is 30.3 Å². The van der Waals surface area contributed by atoms with Gasteiger partial charge in [0.2, 0.25) is 10.0 Å². The summed E-state index contributed by atoms with van der Waals surface area (Å²) in [4.78, 5) is 38.4. The highest BCUT2D eigenvalue weighted by Crippen LogP contribution is 2.36. The van der Waals surface area contributed by atoms with Gasteiger partial charge in [-0.3, -0.25) is 4.79 Å². The molecule has 2 heterocycles. The molecule has 0 aliphatic carbocycles. The molecule has 38 heavy (non-hydrogen) atoms. The Hall–Kier alpha value is -3.58. The molecular weight excluding hydrogens is 532 g/mol. The maximum atomic E-state index is 12.9. The number of nitrogens with zero attached hydrogens (tertiary/aromatic N) is 1. The Kier molecular flexibility index (Phi) is 8.89. The summed E-state index contributed by atoms with van der Waals surface area (Å²) in [6.07, 6.45) is 0. The van der Waals surface area contributed by atoms with Crippen LogP contribution in [0.3, 0.4) is 0 Å². The summed E-state index contributed by atoms with van der Waals surface area (Å²) in [7, 11) is -3.80. The second-order valence-electron chi connectivity index (χ2n) is 8.11. The van der Waals surface area contributed by atoms with Gasteiger partial charge in [0, 0.05) is 18.0 Å². The Morgan fingerprint density at radius 3 is 2.42 bits per heavy atom. The molecule has 1 aliphatic heterocycles. The van der Waals surface area contributed by atoms with Gasteiger partial charge in [-0.1, -0.05) is 36.4 Å². The minimum atomic E-state index is -3.80. The molecule has 200 valence electrons. The van der Waals surface area contributed by atoms with Crippen molar-refractivity contribution in [2.24, 2.45) is 0 Å². The fraction of sp³-hybridized carbons (Fsp3) is 0.269. The van der Waals surface area contributed by atoms with Crippen LogP contribution in [0.25, 0.3) is 10.4 Å². The van der Waals surface area contributed by atoms with Crippen molar-refractivity contribution in [3.05, 3.63) is 71.8 Å². The highest BCUT2D eigenvalue weighted by Gasteiger charge is 2.27. The number of hydrogen-bond donors (Lipinski definition) is 1. The standard InChI is InChI=1S/C26H26N2O8S2/c1-2-35-26(31)21-16-22(18-7-4-3-5-8-18)37-24(21)27-23(29)17-36-25(30)19-9-6-10-20(15-19)38(32,33)28-11-13-34-14-12-28/h3-10,15-16H,2,11-14,17H2,1H3,(H,27,29). The number of sulfonamides is 1. The first kappa shape index (κ1) is 27.5. The molecule has 1 fully saturated rings. The van der Waals surface area contributed by atoms with E-state index in [-0.39, 0.29) is 40.7 Å². The van der Waals surface area contributed by atoms with E-state index in [0.29, 0.717) is 13.2 Å². The van der Waals surface area contributed by atoms with Gasteiger partial charge >= 0.3 is 11.9 Å². The first-order chi connectivity index (χ1) is 18.3. The summed E-state index contributed by atoms with van der Waals surface area (Å²) in [5.74, 6) is -2.11. The van der Waals surface area contributed by atoms with Gasteiger partial charge < -0.3 is 19.5 Å². The lowest BCUT2D eigenvalue weighted by Gasteiger charge is -2.26.